The van der Waals surface area contributed by atoms with Gasteiger partial charge in [-0.2, -0.15) is 0 Å². The molecule has 0 radical (unpaired) electrons. The number of rotatable bonds is 6. The predicted octanol–water partition coefficient (Wildman–Crippen LogP) is 6.06. The van der Waals surface area contributed by atoms with Crippen molar-refractivity contribution < 1.29 is 28.2 Å². The molecule has 2 aliphatic heterocycles. The maximum atomic E-state index is 15.2. The lowest BCUT2D eigenvalue weighted by Crippen LogP contribution is -2.29. The zero-order chi connectivity index (χ0) is 28.0. The monoisotopic (exact) mass is 577 g/mol. The molecule has 3 heterocycles. The van der Waals surface area contributed by atoms with E-state index in [9.17, 15) is 19.1 Å². The van der Waals surface area contributed by atoms with Crippen LogP contribution in [-0.2, 0) is 21.8 Å². The van der Waals surface area contributed by atoms with Gasteiger partial charge >= 0.3 is 5.91 Å². The highest BCUT2D eigenvalue weighted by Gasteiger charge is 2.49. The lowest BCUT2D eigenvalue weighted by atomic mass is 9.94. The molecule has 1 N–H and O–H groups in total. The normalized spacial score (nSPS) is 19.6. The van der Waals surface area contributed by atoms with Gasteiger partial charge in [0, 0.05) is 23.3 Å². The first kappa shape index (κ1) is 26.1. The number of anilines is 1. The van der Waals surface area contributed by atoms with E-state index in [1.54, 1.807) is 42.5 Å². The molecule has 0 spiro atoms. The minimum absolute atomic E-state index is 0.0251. The highest BCUT2D eigenvalue weighted by molar-refractivity contribution is 8.00. The van der Waals surface area contributed by atoms with Crippen LogP contribution < -0.4 is 9.64 Å². The van der Waals surface area contributed by atoms with Crippen LogP contribution in [0, 0.1) is 11.6 Å². The summed E-state index contributed by atoms with van der Waals surface area (Å²) in [6.07, 6.45) is 0.596. The Kier molecular flexibility index (Phi) is 6.85. The summed E-state index contributed by atoms with van der Waals surface area (Å²) in [6.45, 7) is 1.92. The van der Waals surface area contributed by atoms with Crippen LogP contribution in [0.4, 0.5) is 13.9 Å². The van der Waals surface area contributed by atoms with E-state index >= 15 is 4.39 Å². The lowest BCUT2D eigenvalue weighted by Gasteiger charge is -2.22. The van der Waals surface area contributed by atoms with Gasteiger partial charge in [0.05, 0.1) is 5.57 Å². The summed E-state index contributed by atoms with van der Waals surface area (Å²) in [7, 11) is 0. The van der Waals surface area contributed by atoms with Crippen LogP contribution in [0.3, 0.4) is 0 Å². The molecule has 0 saturated carbocycles. The number of Topliss-reactive ketones (excluding diaryl/α,β-unsaturated/α-hetero) is 1. The first-order valence-electron chi connectivity index (χ1n) is 12.4. The van der Waals surface area contributed by atoms with Gasteiger partial charge in [-0.05, 0) is 48.4 Å². The highest BCUT2D eigenvalue weighted by atomic mass is 32.2. The second kappa shape index (κ2) is 10.5. The molecule has 2 aliphatic rings. The zero-order valence-electron chi connectivity index (χ0n) is 21.0. The SMILES string of the molecule is C[C@H]1Cc2cc(C(O)=C3C(=O)C(=O)N(c4nnc(SCc5ccccc5F)s4)[C@H]3c3ccccc3F)ccc2O1. The molecule has 0 aliphatic carbocycles. The summed E-state index contributed by atoms with van der Waals surface area (Å²) < 4.78 is 35.4. The summed E-state index contributed by atoms with van der Waals surface area (Å²) in [5.74, 6) is -2.39. The predicted molar refractivity (Wildman–Crippen MR) is 147 cm³/mol. The second-order valence-corrected chi connectivity index (χ2v) is 11.6. The van der Waals surface area contributed by atoms with E-state index in [-0.39, 0.29) is 33.9 Å². The fourth-order valence-corrected chi connectivity index (χ4v) is 6.71. The average molecular weight is 578 g/mol. The van der Waals surface area contributed by atoms with Crippen LogP contribution in [0.1, 0.15) is 35.2 Å². The summed E-state index contributed by atoms with van der Waals surface area (Å²) in [4.78, 5) is 27.8. The van der Waals surface area contributed by atoms with Gasteiger partial charge in [0.15, 0.2) is 4.34 Å². The number of carbonyl (C=O) groups is 2. The van der Waals surface area contributed by atoms with E-state index in [4.69, 9.17) is 4.74 Å². The van der Waals surface area contributed by atoms with Gasteiger partial charge in [-0.3, -0.25) is 14.5 Å². The number of ether oxygens (including phenoxy) is 1. The van der Waals surface area contributed by atoms with Gasteiger partial charge in [0.25, 0.3) is 5.78 Å². The molecular weight excluding hydrogens is 556 g/mol. The molecule has 4 aromatic rings. The summed E-state index contributed by atoms with van der Waals surface area (Å²) in [6, 6.07) is 15.8. The summed E-state index contributed by atoms with van der Waals surface area (Å²) >= 11 is 2.24. The number of amides is 1. The Balaban J connectivity index is 1.40. The molecule has 1 amide bonds. The summed E-state index contributed by atoms with van der Waals surface area (Å²) in [5, 5.41) is 19.7. The van der Waals surface area contributed by atoms with Crippen LogP contribution >= 0.6 is 23.1 Å². The Morgan fingerprint density at radius 2 is 1.82 bits per heavy atom. The van der Waals surface area contributed by atoms with Crippen LogP contribution in [-0.4, -0.2) is 33.1 Å². The molecule has 40 heavy (non-hydrogen) atoms. The third-order valence-electron chi connectivity index (χ3n) is 6.72. The van der Waals surface area contributed by atoms with Crippen molar-refractivity contribution >= 4 is 45.7 Å². The minimum atomic E-state index is -1.28. The maximum Gasteiger partial charge on any atom is 0.301 e. The van der Waals surface area contributed by atoms with E-state index in [1.165, 1.54) is 36.0 Å². The highest BCUT2D eigenvalue weighted by Crippen LogP contribution is 2.45. The Hall–Kier alpha value is -4.09. The van der Waals surface area contributed by atoms with E-state index in [0.29, 0.717) is 27.6 Å². The molecule has 202 valence electrons. The largest absolute Gasteiger partial charge is 0.507 e. The molecule has 7 nitrogen and oxygen atoms in total. The average Bonchev–Trinajstić information content (AvgIpc) is 3.63. The number of aromatic nitrogens is 2. The van der Waals surface area contributed by atoms with Gasteiger partial charge in [0.1, 0.15) is 35.3 Å². The van der Waals surface area contributed by atoms with Crippen LogP contribution in [0.15, 0.2) is 76.6 Å². The number of hydrogen-bond acceptors (Lipinski definition) is 8. The molecule has 1 fully saturated rings. The number of nitrogens with zero attached hydrogens (tertiary/aromatic N) is 3. The van der Waals surface area contributed by atoms with Crippen molar-refractivity contribution in [3.05, 3.63) is 106 Å². The van der Waals surface area contributed by atoms with Crippen LogP contribution in [0.2, 0.25) is 0 Å². The molecule has 1 saturated heterocycles. The number of thioether (sulfide) groups is 1. The maximum absolute atomic E-state index is 15.2. The minimum Gasteiger partial charge on any atom is -0.507 e. The molecule has 11 heteroatoms. The Morgan fingerprint density at radius 1 is 1.07 bits per heavy atom. The van der Waals surface area contributed by atoms with Crippen molar-refractivity contribution in [1.29, 1.82) is 0 Å². The number of carbonyl (C=O) groups excluding carboxylic acids is 2. The molecule has 3 aromatic carbocycles. The van der Waals surface area contributed by atoms with Gasteiger partial charge < -0.3 is 9.84 Å². The molecule has 0 unspecified atom stereocenters. The third kappa shape index (κ3) is 4.65. The van der Waals surface area contributed by atoms with E-state index in [2.05, 4.69) is 10.2 Å². The number of aliphatic hydroxyl groups is 1. The molecule has 0 bridgehead atoms. The number of ketones is 1. The van der Waals surface area contributed by atoms with E-state index < -0.39 is 29.3 Å². The molecule has 1 aromatic heterocycles. The van der Waals surface area contributed by atoms with Crippen molar-refractivity contribution in [2.45, 2.75) is 35.6 Å². The van der Waals surface area contributed by atoms with Gasteiger partial charge in [-0.25, -0.2) is 8.78 Å². The quantitative estimate of drug-likeness (QED) is 0.0980. The smallest absolute Gasteiger partial charge is 0.301 e. The Labute approximate surface area is 236 Å². The fourth-order valence-electron chi connectivity index (χ4n) is 4.86. The second-order valence-electron chi connectivity index (χ2n) is 9.38. The number of aliphatic hydroxyl groups excluding tert-OH is 1. The number of hydrogen-bond donors (Lipinski definition) is 1. The van der Waals surface area contributed by atoms with Crippen molar-refractivity contribution in [2.24, 2.45) is 0 Å². The Bertz CT molecular complexity index is 1690. The standard InChI is InChI=1S/C29H21F2N3O4S2/c1-15-12-18-13-16(10-11-22(18)38-15)25(35)23-24(19-7-3-5-9-21(19)31)34(27(37)26(23)36)28-32-33-29(40-28)39-14-17-6-2-4-8-20(17)30/h2-11,13,15,24,35H,12,14H2,1H3/t15-,24-/m0/s1. The van der Waals surface area contributed by atoms with Crippen LogP contribution in [0.25, 0.3) is 5.76 Å². The first-order chi connectivity index (χ1) is 19.3. The van der Waals surface area contributed by atoms with Gasteiger partial charge in [-0.1, -0.05) is 59.5 Å². The van der Waals surface area contributed by atoms with Crippen molar-refractivity contribution in [2.75, 3.05) is 4.90 Å². The molecule has 2 atom stereocenters. The summed E-state index contributed by atoms with van der Waals surface area (Å²) in [5.41, 5.74) is 1.42. The molecule has 6 rings (SSSR count). The number of halogens is 2. The fraction of sp³-hybridized carbons (Fsp3) is 0.172. The third-order valence-corrected chi connectivity index (χ3v) is 8.83. The zero-order valence-corrected chi connectivity index (χ0v) is 22.6. The van der Waals surface area contributed by atoms with Crippen LogP contribution in [0.5, 0.6) is 5.75 Å². The molecular formula is C29H21F2N3O4S2. The van der Waals surface area contributed by atoms with E-state index in [1.807, 2.05) is 6.92 Å². The van der Waals surface area contributed by atoms with Crippen molar-refractivity contribution in [1.82, 2.24) is 10.2 Å². The van der Waals surface area contributed by atoms with Gasteiger partial charge in [-0.15, -0.1) is 10.2 Å². The lowest BCUT2D eigenvalue weighted by molar-refractivity contribution is -0.132. The van der Waals surface area contributed by atoms with E-state index in [0.717, 1.165) is 21.8 Å². The Morgan fingerprint density at radius 3 is 2.60 bits per heavy atom. The topological polar surface area (TPSA) is 92.6 Å². The van der Waals surface area contributed by atoms with Crippen molar-refractivity contribution in [3.63, 3.8) is 0 Å². The number of benzene rings is 3. The first-order valence-corrected chi connectivity index (χ1v) is 14.2. The number of fused-ring (bicyclic) bond motifs is 1. The van der Waals surface area contributed by atoms with Gasteiger partial charge in [0.2, 0.25) is 5.13 Å². The van der Waals surface area contributed by atoms with Crippen molar-refractivity contribution in [3.8, 4) is 5.75 Å².